The van der Waals surface area contributed by atoms with Crippen LogP contribution in [0.4, 0.5) is 0 Å². The minimum atomic E-state index is -2.30. The number of carboxylic acid groups (broad SMARTS) is 1. The maximum absolute atomic E-state index is 10.8. The van der Waals surface area contributed by atoms with Gasteiger partial charge in [-0.15, -0.1) is 0 Å². The molecule has 0 fully saturated rings. The molecule has 15 heavy (non-hydrogen) atoms. The molecule has 0 heterocycles. The van der Waals surface area contributed by atoms with Crippen LogP contribution in [0.2, 0.25) is 0 Å². The Hall–Kier alpha value is -1.72. The van der Waals surface area contributed by atoms with Crippen molar-refractivity contribution < 1.29 is 19.8 Å². The minimum Gasteiger partial charge on any atom is -0.479 e. The average molecular weight is 209 g/mol. The highest BCUT2D eigenvalue weighted by molar-refractivity contribution is 5.97. The lowest BCUT2D eigenvalue weighted by Crippen LogP contribution is -2.54. The summed E-state index contributed by atoms with van der Waals surface area (Å²) >= 11 is 0. The first-order valence-corrected chi connectivity index (χ1v) is 4.24. The van der Waals surface area contributed by atoms with Crippen molar-refractivity contribution in [1.29, 1.82) is 0 Å². The molecule has 0 saturated heterocycles. The number of hydrogen-bond donors (Lipinski definition) is 3. The Morgan fingerprint density at radius 2 is 1.93 bits per heavy atom. The molecule has 0 spiro atoms. The second-order valence-corrected chi connectivity index (χ2v) is 3.17. The summed E-state index contributed by atoms with van der Waals surface area (Å²) in [5, 5.41) is 18.4. The molecule has 0 aliphatic carbocycles. The van der Waals surface area contributed by atoms with Crippen LogP contribution < -0.4 is 5.73 Å². The second-order valence-electron chi connectivity index (χ2n) is 3.17. The van der Waals surface area contributed by atoms with E-state index in [-0.39, 0.29) is 11.8 Å². The Labute approximate surface area is 86.1 Å². The van der Waals surface area contributed by atoms with E-state index in [1.54, 1.807) is 18.2 Å². The highest BCUT2D eigenvalue weighted by Crippen LogP contribution is 2.22. The largest absolute Gasteiger partial charge is 0.479 e. The van der Waals surface area contributed by atoms with Gasteiger partial charge in [-0.25, -0.2) is 4.79 Å². The predicted molar refractivity (Wildman–Crippen MR) is 52.0 cm³/mol. The van der Waals surface area contributed by atoms with Crippen molar-refractivity contribution in [2.75, 3.05) is 0 Å². The van der Waals surface area contributed by atoms with Crippen molar-refractivity contribution in [3.8, 4) is 0 Å². The van der Waals surface area contributed by atoms with E-state index in [2.05, 4.69) is 0 Å². The third-order valence-electron chi connectivity index (χ3n) is 2.13. The molecule has 1 rings (SSSR count). The third-order valence-corrected chi connectivity index (χ3v) is 2.13. The maximum atomic E-state index is 10.8. The van der Waals surface area contributed by atoms with Crippen LogP contribution in [0.3, 0.4) is 0 Å². The zero-order valence-corrected chi connectivity index (χ0v) is 7.83. The van der Waals surface area contributed by atoms with Crippen LogP contribution in [0.1, 0.15) is 11.7 Å². The van der Waals surface area contributed by atoms with Gasteiger partial charge in [0.2, 0.25) is 5.54 Å². The number of aliphatic carboxylic acids is 1. The molecule has 0 radical (unpaired) electrons. The van der Waals surface area contributed by atoms with Gasteiger partial charge in [0.1, 0.15) is 6.10 Å². The summed E-state index contributed by atoms with van der Waals surface area (Å²) < 4.78 is 0. The summed E-state index contributed by atoms with van der Waals surface area (Å²) in [5.41, 5.74) is 3.28. The molecule has 4 N–H and O–H groups in total. The number of aliphatic hydroxyl groups is 1. The Morgan fingerprint density at radius 3 is 2.33 bits per heavy atom. The van der Waals surface area contributed by atoms with Crippen LogP contribution in [-0.4, -0.2) is 28.0 Å². The molecule has 5 heteroatoms. The lowest BCUT2D eigenvalue weighted by Gasteiger charge is -2.24. The lowest BCUT2D eigenvalue weighted by atomic mass is 9.90. The number of aldehydes is 1. The number of carbonyl (C=O) groups excluding carboxylic acids is 1. The van der Waals surface area contributed by atoms with Crippen LogP contribution in [0.5, 0.6) is 0 Å². The number of hydrogen-bond acceptors (Lipinski definition) is 4. The van der Waals surface area contributed by atoms with Gasteiger partial charge in [0.05, 0.1) is 0 Å². The topological polar surface area (TPSA) is 101 Å². The molecular formula is C10H11NO4. The van der Waals surface area contributed by atoms with E-state index in [1.165, 1.54) is 12.1 Å². The van der Waals surface area contributed by atoms with Crippen LogP contribution in [0.25, 0.3) is 0 Å². The van der Waals surface area contributed by atoms with E-state index in [0.717, 1.165) is 0 Å². The van der Waals surface area contributed by atoms with Gasteiger partial charge in [-0.2, -0.15) is 0 Å². The molecule has 0 bridgehead atoms. The first kappa shape index (κ1) is 11.4. The third kappa shape index (κ3) is 2.03. The summed E-state index contributed by atoms with van der Waals surface area (Å²) in [6.45, 7) is 0. The standard InChI is InChI=1S/C10H11NO4/c11-10(6-12,9(14)15)8(13)7-4-2-1-3-5-7/h1-6,8,13H,11H2,(H,14,15). The molecule has 2 atom stereocenters. The van der Waals surface area contributed by atoms with Crippen LogP contribution in [0, 0.1) is 0 Å². The molecule has 0 aliphatic heterocycles. The molecule has 80 valence electrons. The first-order valence-electron chi connectivity index (χ1n) is 4.24. The monoisotopic (exact) mass is 209 g/mol. The highest BCUT2D eigenvalue weighted by atomic mass is 16.4. The number of rotatable bonds is 4. The quantitative estimate of drug-likeness (QED) is 0.467. The summed E-state index contributed by atoms with van der Waals surface area (Å²) in [6, 6.07) is 7.94. The van der Waals surface area contributed by atoms with Gasteiger partial charge in [-0.3, -0.25) is 0 Å². The zero-order valence-electron chi connectivity index (χ0n) is 7.83. The summed E-state index contributed by atoms with van der Waals surface area (Å²) in [6.07, 6.45) is -1.53. The van der Waals surface area contributed by atoms with Crippen molar-refractivity contribution in [3.63, 3.8) is 0 Å². The second kappa shape index (κ2) is 4.20. The van der Waals surface area contributed by atoms with Crippen LogP contribution in [0.15, 0.2) is 30.3 Å². The fourth-order valence-electron chi connectivity index (χ4n) is 1.14. The molecule has 0 aliphatic rings. The van der Waals surface area contributed by atoms with Gasteiger partial charge in [0.15, 0.2) is 6.29 Å². The van der Waals surface area contributed by atoms with Gasteiger partial charge < -0.3 is 20.7 Å². The van der Waals surface area contributed by atoms with Crippen molar-refractivity contribution in [1.82, 2.24) is 0 Å². The van der Waals surface area contributed by atoms with Gasteiger partial charge in [0, 0.05) is 0 Å². The number of benzene rings is 1. The molecule has 5 nitrogen and oxygen atoms in total. The van der Waals surface area contributed by atoms with Crippen molar-refractivity contribution in [3.05, 3.63) is 35.9 Å². The van der Waals surface area contributed by atoms with Crippen LogP contribution >= 0.6 is 0 Å². The van der Waals surface area contributed by atoms with Gasteiger partial charge >= 0.3 is 5.97 Å². The maximum Gasteiger partial charge on any atom is 0.334 e. The number of aliphatic hydroxyl groups excluding tert-OH is 1. The first-order chi connectivity index (χ1) is 7.02. The van der Waals surface area contributed by atoms with E-state index >= 15 is 0 Å². The number of nitrogens with two attached hydrogens (primary N) is 1. The molecule has 1 aromatic carbocycles. The molecule has 2 unspecified atom stereocenters. The summed E-state index contributed by atoms with van der Waals surface area (Å²) in [5.74, 6) is -1.56. The van der Waals surface area contributed by atoms with E-state index in [0.29, 0.717) is 0 Å². The number of carbonyl (C=O) groups is 2. The molecule has 0 amide bonds. The van der Waals surface area contributed by atoms with E-state index < -0.39 is 17.6 Å². The van der Waals surface area contributed by atoms with E-state index in [4.69, 9.17) is 10.8 Å². The Balaban J connectivity index is 3.07. The molecule has 1 aromatic rings. The van der Waals surface area contributed by atoms with Crippen molar-refractivity contribution >= 4 is 12.3 Å². The zero-order chi connectivity index (χ0) is 11.5. The fourth-order valence-corrected chi connectivity index (χ4v) is 1.14. The Morgan fingerprint density at radius 1 is 1.40 bits per heavy atom. The summed E-state index contributed by atoms with van der Waals surface area (Å²) in [4.78, 5) is 21.4. The SMILES string of the molecule is NC(C=O)(C(=O)O)C(O)c1ccccc1. The predicted octanol–water partition coefficient (Wildman–Crippen LogP) is -0.299. The van der Waals surface area contributed by atoms with Gasteiger partial charge in [-0.1, -0.05) is 30.3 Å². The Kier molecular flexibility index (Phi) is 3.18. The fraction of sp³-hybridized carbons (Fsp3) is 0.200. The smallest absolute Gasteiger partial charge is 0.334 e. The van der Waals surface area contributed by atoms with E-state index in [9.17, 15) is 14.7 Å². The van der Waals surface area contributed by atoms with Gasteiger partial charge in [-0.05, 0) is 5.56 Å². The van der Waals surface area contributed by atoms with Crippen molar-refractivity contribution in [2.24, 2.45) is 5.73 Å². The lowest BCUT2D eigenvalue weighted by molar-refractivity contribution is -0.150. The molecule has 0 saturated carbocycles. The highest BCUT2D eigenvalue weighted by Gasteiger charge is 2.42. The normalized spacial score (nSPS) is 16.4. The number of carboxylic acids is 1. The van der Waals surface area contributed by atoms with Gasteiger partial charge in [0.25, 0.3) is 0 Å². The average Bonchev–Trinajstić information content (AvgIpc) is 2.28. The molecule has 0 aromatic heterocycles. The summed E-state index contributed by atoms with van der Waals surface area (Å²) in [7, 11) is 0. The van der Waals surface area contributed by atoms with E-state index in [1.807, 2.05) is 0 Å². The Bertz CT molecular complexity index is 365. The van der Waals surface area contributed by atoms with Crippen molar-refractivity contribution in [2.45, 2.75) is 11.6 Å². The molecular weight excluding hydrogens is 198 g/mol. The van der Waals surface area contributed by atoms with Crippen LogP contribution in [-0.2, 0) is 9.59 Å². The minimum absolute atomic E-state index is 0.0347.